The number of aliphatic hydroxyl groups excluding tert-OH is 5. The summed E-state index contributed by atoms with van der Waals surface area (Å²) in [4.78, 5) is 11.3. The van der Waals surface area contributed by atoms with Crippen LogP contribution >= 0.6 is 0 Å². The SMILES string of the molecule is NCC(N)C(O)C(=O)[C@@H](O)[C@H](O)[C@H](O)CO. The lowest BCUT2D eigenvalue weighted by molar-refractivity contribution is -0.149. The van der Waals surface area contributed by atoms with Crippen LogP contribution in [0.2, 0.25) is 0 Å². The highest BCUT2D eigenvalue weighted by molar-refractivity contribution is 5.88. The summed E-state index contributed by atoms with van der Waals surface area (Å²) in [5, 5.41) is 45.2. The molecule has 0 aromatic rings. The molecular weight excluding hydrogens is 220 g/mol. The average molecular weight is 238 g/mol. The first-order valence-corrected chi connectivity index (χ1v) is 4.69. The third kappa shape index (κ3) is 3.76. The lowest BCUT2D eigenvalue weighted by Gasteiger charge is -2.24. The standard InChI is InChI=1S/C8H18N2O6/c9-1-3(10)5(13)7(15)8(16)6(14)4(12)2-11/h3-6,8,11-14,16H,1-2,9-10H2/t3?,4-,5?,6-,8+/m1/s1. The summed E-state index contributed by atoms with van der Waals surface area (Å²) < 4.78 is 0. The lowest BCUT2D eigenvalue weighted by Crippen LogP contribution is -2.53. The summed E-state index contributed by atoms with van der Waals surface area (Å²) in [5.74, 6) is -1.15. The van der Waals surface area contributed by atoms with E-state index in [0.717, 1.165) is 0 Å². The highest BCUT2D eigenvalue weighted by Crippen LogP contribution is 2.05. The van der Waals surface area contributed by atoms with Gasteiger partial charge in [-0.25, -0.2) is 0 Å². The number of hydrogen-bond acceptors (Lipinski definition) is 8. The molecule has 0 aromatic heterocycles. The minimum absolute atomic E-state index is 0.182. The number of rotatable bonds is 7. The Morgan fingerprint density at radius 1 is 1.12 bits per heavy atom. The summed E-state index contributed by atoms with van der Waals surface area (Å²) >= 11 is 0. The Labute approximate surface area is 92.1 Å². The van der Waals surface area contributed by atoms with E-state index in [1.807, 2.05) is 0 Å². The molecule has 96 valence electrons. The maximum absolute atomic E-state index is 11.3. The molecular formula is C8H18N2O6. The molecule has 0 aromatic carbocycles. The maximum Gasteiger partial charge on any atom is 0.194 e. The second-order valence-electron chi connectivity index (χ2n) is 3.43. The van der Waals surface area contributed by atoms with Gasteiger partial charge in [0.05, 0.1) is 12.6 Å². The van der Waals surface area contributed by atoms with Crippen LogP contribution < -0.4 is 11.5 Å². The summed E-state index contributed by atoms with van der Waals surface area (Å²) in [6.45, 7) is -1.01. The van der Waals surface area contributed by atoms with Crippen molar-refractivity contribution in [3.8, 4) is 0 Å². The largest absolute Gasteiger partial charge is 0.394 e. The number of carbonyl (C=O) groups is 1. The summed E-state index contributed by atoms with van der Waals surface area (Å²) in [5.41, 5.74) is 10.4. The van der Waals surface area contributed by atoms with Crippen LogP contribution in [0.4, 0.5) is 0 Å². The highest BCUT2D eigenvalue weighted by atomic mass is 16.4. The van der Waals surface area contributed by atoms with Gasteiger partial charge in [-0.15, -0.1) is 0 Å². The minimum Gasteiger partial charge on any atom is -0.394 e. The monoisotopic (exact) mass is 238 g/mol. The first-order valence-electron chi connectivity index (χ1n) is 4.69. The van der Waals surface area contributed by atoms with Crippen molar-refractivity contribution in [2.24, 2.45) is 11.5 Å². The van der Waals surface area contributed by atoms with Crippen molar-refractivity contribution in [3.05, 3.63) is 0 Å². The third-order valence-corrected chi connectivity index (χ3v) is 2.17. The van der Waals surface area contributed by atoms with E-state index in [1.54, 1.807) is 0 Å². The molecule has 0 aliphatic rings. The Balaban J connectivity index is 4.48. The third-order valence-electron chi connectivity index (χ3n) is 2.17. The highest BCUT2D eigenvalue weighted by Gasteiger charge is 2.35. The zero-order valence-electron chi connectivity index (χ0n) is 8.60. The molecule has 0 fully saturated rings. The molecule has 5 atom stereocenters. The zero-order valence-corrected chi connectivity index (χ0v) is 8.60. The fourth-order valence-corrected chi connectivity index (χ4v) is 1.00. The van der Waals surface area contributed by atoms with Gasteiger partial charge in [-0.1, -0.05) is 0 Å². The van der Waals surface area contributed by atoms with Crippen molar-refractivity contribution in [2.75, 3.05) is 13.2 Å². The lowest BCUT2D eigenvalue weighted by atomic mass is 9.97. The Kier molecular flexibility index (Phi) is 6.60. The average Bonchev–Trinajstić information content (AvgIpc) is 2.32. The van der Waals surface area contributed by atoms with E-state index in [9.17, 15) is 20.1 Å². The van der Waals surface area contributed by atoms with Crippen LogP contribution in [0.3, 0.4) is 0 Å². The molecule has 0 aliphatic heterocycles. The fourth-order valence-electron chi connectivity index (χ4n) is 1.00. The number of aliphatic hydroxyl groups is 5. The van der Waals surface area contributed by atoms with Gasteiger partial charge in [0, 0.05) is 6.54 Å². The van der Waals surface area contributed by atoms with Gasteiger partial charge in [-0.05, 0) is 0 Å². The molecule has 8 nitrogen and oxygen atoms in total. The predicted octanol–water partition coefficient (Wildman–Crippen LogP) is -4.72. The molecule has 16 heavy (non-hydrogen) atoms. The molecule has 8 heteroatoms. The Morgan fingerprint density at radius 3 is 2.00 bits per heavy atom. The molecule has 0 aliphatic carbocycles. The second-order valence-corrected chi connectivity index (χ2v) is 3.43. The van der Waals surface area contributed by atoms with E-state index in [4.69, 9.17) is 21.7 Å². The predicted molar refractivity (Wildman–Crippen MR) is 53.1 cm³/mol. The number of Topliss-reactive ketones (excluding diaryl/α,β-unsaturated/α-hetero) is 1. The van der Waals surface area contributed by atoms with Gasteiger partial charge >= 0.3 is 0 Å². The van der Waals surface area contributed by atoms with Gasteiger partial charge in [0.1, 0.15) is 24.4 Å². The molecule has 0 radical (unpaired) electrons. The molecule has 0 saturated heterocycles. The summed E-state index contributed by atoms with van der Waals surface area (Å²) in [7, 11) is 0. The van der Waals surface area contributed by atoms with Crippen molar-refractivity contribution in [1.29, 1.82) is 0 Å². The molecule has 0 saturated carbocycles. The molecule has 0 bridgehead atoms. The maximum atomic E-state index is 11.3. The molecule has 9 N–H and O–H groups in total. The van der Waals surface area contributed by atoms with Crippen LogP contribution in [0.1, 0.15) is 0 Å². The second kappa shape index (κ2) is 6.86. The summed E-state index contributed by atoms with van der Waals surface area (Å²) in [6.07, 6.45) is -7.34. The fraction of sp³-hybridized carbons (Fsp3) is 0.875. The first-order chi connectivity index (χ1) is 7.36. The van der Waals surface area contributed by atoms with E-state index >= 15 is 0 Å². The smallest absolute Gasteiger partial charge is 0.194 e. The topological polar surface area (TPSA) is 170 Å². The number of ketones is 1. The van der Waals surface area contributed by atoms with Crippen molar-refractivity contribution in [3.63, 3.8) is 0 Å². The van der Waals surface area contributed by atoms with E-state index < -0.39 is 42.8 Å². The number of hydrogen-bond donors (Lipinski definition) is 7. The molecule has 2 unspecified atom stereocenters. The zero-order chi connectivity index (χ0) is 12.9. The van der Waals surface area contributed by atoms with Crippen molar-refractivity contribution < 1.29 is 30.3 Å². The molecule has 0 heterocycles. The van der Waals surface area contributed by atoms with E-state index in [-0.39, 0.29) is 6.54 Å². The molecule has 0 spiro atoms. The van der Waals surface area contributed by atoms with Crippen LogP contribution in [0.25, 0.3) is 0 Å². The van der Waals surface area contributed by atoms with Crippen LogP contribution in [0.15, 0.2) is 0 Å². The van der Waals surface area contributed by atoms with Crippen LogP contribution in [0, 0.1) is 0 Å². The van der Waals surface area contributed by atoms with E-state index in [2.05, 4.69) is 0 Å². The van der Waals surface area contributed by atoms with Crippen LogP contribution in [-0.4, -0.2) is 74.9 Å². The number of nitrogens with two attached hydrogens (primary N) is 2. The normalized spacial score (nSPS) is 20.9. The Morgan fingerprint density at radius 2 is 1.62 bits per heavy atom. The van der Waals surface area contributed by atoms with Crippen LogP contribution in [0.5, 0.6) is 0 Å². The number of carbonyl (C=O) groups excluding carboxylic acids is 1. The van der Waals surface area contributed by atoms with E-state index in [0.29, 0.717) is 0 Å². The molecule has 0 rings (SSSR count). The van der Waals surface area contributed by atoms with Gasteiger partial charge in [-0.2, -0.15) is 0 Å². The minimum atomic E-state index is -2.03. The Hall–Kier alpha value is -0.610. The van der Waals surface area contributed by atoms with Gasteiger partial charge < -0.3 is 37.0 Å². The Bertz CT molecular complexity index is 227. The van der Waals surface area contributed by atoms with Gasteiger partial charge in [0.25, 0.3) is 0 Å². The first kappa shape index (κ1) is 15.4. The van der Waals surface area contributed by atoms with Gasteiger partial charge in [0.15, 0.2) is 5.78 Å². The van der Waals surface area contributed by atoms with E-state index in [1.165, 1.54) is 0 Å². The van der Waals surface area contributed by atoms with Crippen molar-refractivity contribution >= 4 is 5.78 Å². The molecule has 0 amide bonds. The van der Waals surface area contributed by atoms with Crippen LogP contribution in [-0.2, 0) is 4.79 Å². The quantitative estimate of drug-likeness (QED) is 0.232. The van der Waals surface area contributed by atoms with Crippen molar-refractivity contribution in [2.45, 2.75) is 30.5 Å². The van der Waals surface area contributed by atoms with Gasteiger partial charge in [0.2, 0.25) is 0 Å². The van der Waals surface area contributed by atoms with Crippen molar-refractivity contribution in [1.82, 2.24) is 0 Å². The van der Waals surface area contributed by atoms with Gasteiger partial charge in [-0.3, -0.25) is 4.79 Å². The summed E-state index contributed by atoms with van der Waals surface area (Å²) in [6, 6.07) is -1.07.